The number of ether oxygens (including phenoxy) is 1. The van der Waals surface area contributed by atoms with Crippen molar-refractivity contribution in [3.63, 3.8) is 0 Å². The summed E-state index contributed by atoms with van der Waals surface area (Å²) in [6, 6.07) is 15.5. The Kier molecular flexibility index (Phi) is 4.99. The monoisotopic (exact) mass is 394 g/mol. The molecule has 148 valence electrons. The van der Waals surface area contributed by atoms with E-state index in [0.29, 0.717) is 17.0 Å². The number of carbonyl (C=O) groups excluding carboxylic acids is 1. The van der Waals surface area contributed by atoms with Crippen LogP contribution in [0, 0.1) is 5.82 Å². The number of oxazole rings is 1. The lowest BCUT2D eigenvalue weighted by molar-refractivity contribution is 0.0922. The second-order valence-corrected chi connectivity index (χ2v) is 6.75. The normalized spacial score (nSPS) is 11.2. The van der Waals surface area contributed by atoms with E-state index < -0.39 is 5.91 Å². The predicted octanol–water partition coefficient (Wildman–Crippen LogP) is 4.31. The van der Waals surface area contributed by atoms with E-state index >= 15 is 0 Å². The summed E-state index contributed by atoms with van der Waals surface area (Å²) >= 11 is 0. The maximum absolute atomic E-state index is 13.8. The molecule has 0 saturated carbocycles. The highest BCUT2D eigenvalue weighted by Gasteiger charge is 2.26. The number of aromatic nitrogens is 3. The van der Waals surface area contributed by atoms with Crippen molar-refractivity contribution in [3.8, 4) is 11.8 Å². The molecule has 0 spiro atoms. The second-order valence-electron chi connectivity index (χ2n) is 6.75. The fraction of sp³-hybridized carbons (Fsp3) is 0.190. The van der Waals surface area contributed by atoms with Crippen molar-refractivity contribution in [2.45, 2.75) is 26.3 Å². The summed E-state index contributed by atoms with van der Waals surface area (Å²) in [4.78, 5) is 16.9. The topological polar surface area (TPSA) is 81.7 Å². The summed E-state index contributed by atoms with van der Waals surface area (Å²) < 4.78 is 26.5. The summed E-state index contributed by atoms with van der Waals surface area (Å²) in [6.45, 7) is 3.87. The van der Waals surface area contributed by atoms with Crippen molar-refractivity contribution in [1.29, 1.82) is 0 Å². The molecule has 0 atom stereocenters. The van der Waals surface area contributed by atoms with Crippen LogP contribution in [0.15, 0.2) is 59.0 Å². The summed E-state index contributed by atoms with van der Waals surface area (Å²) in [5, 5.41) is 7.00. The molecule has 4 rings (SSSR count). The Bertz CT molecular complexity index is 1150. The van der Waals surface area contributed by atoms with Crippen molar-refractivity contribution in [3.05, 3.63) is 77.4 Å². The third-order valence-electron chi connectivity index (χ3n) is 4.31. The first-order chi connectivity index (χ1) is 14.0. The van der Waals surface area contributed by atoms with Gasteiger partial charge in [0, 0.05) is 12.1 Å². The average molecular weight is 394 g/mol. The fourth-order valence-corrected chi connectivity index (χ4v) is 2.95. The molecule has 1 N–H and O–H groups in total. The summed E-state index contributed by atoms with van der Waals surface area (Å²) in [5.41, 5.74) is 0.946. The number of rotatable bonds is 6. The van der Waals surface area contributed by atoms with Gasteiger partial charge < -0.3 is 14.5 Å². The van der Waals surface area contributed by atoms with Gasteiger partial charge in [-0.15, -0.1) is 10.1 Å². The van der Waals surface area contributed by atoms with Crippen LogP contribution in [-0.2, 0) is 6.54 Å². The zero-order valence-corrected chi connectivity index (χ0v) is 15.9. The third-order valence-corrected chi connectivity index (χ3v) is 4.31. The van der Waals surface area contributed by atoms with Crippen molar-refractivity contribution >= 4 is 11.8 Å². The Morgan fingerprint density at radius 1 is 1.17 bits per heavy atom. The van der Waals surface area contributed by atoms with E-state index in [1.165, 1.54) is 10.6 Å². The minimum Gasteiger partial charge on any atom is -0.423 e. The molecule has 0 unspecified atom stereocenters. The average Bonchev–Trinajstić information content (AvgIpc) is 3.25. The van der Waals surface area contributed by atoms with E-state index in [1.54, 1.807) is 30.3 Å². The van der Waals surface area contributed by atoms with Gasteiger partial charge in [-0.3, -0.25) is 4.79 Å². The number of hydrogen-bond donors (Lipinski definition) is 1. The van der Waals surface area contributed by atoms with Crippen LogP contribution in [0.3, 0.4) is 0 Å². The van der Waals surface area contributed by atoms with Gasteiger partial charge in [0.15, 0.2) is 0 Å². The molecule has 0 bridgehead atoms. The van der Waals surface area contributed by atoms with E-state index in [9.17, 15) is 9.18 Å². The van der Waals surface area contributed by atoms with Gasteiger partial charge in [0.05, 0.1) is 5.69 Å². The SMILES string of the molecule is CC(C)c1c(C(=O)NCc2ccccc2F)oc2nc(Oc3ccccc3)nn12. The van der Waals surface area contributed by atoms with Crippen LogP contribution in [0.2, 0.25) is 0 Å². The van der Waals surface area contributed by atoms with Crippen LogP contribution in [0.5, 0.6) is 11.8 Å². The van der Waals surface area contributed by atoms with Crippen molar-refractivity contribution in [2.75, 3.05) is 0 Å². The highest BCUT2D eigenvalue weighted by molar-refractivity contribution is 5.93. The van der Waals surface area contributed by atoms with E-state index in [-0.39, 0.29) is 35.9 Å². The fourth-order valence-electron chi connectivity index (χ4n) is 2.95. The lowest BCUT2D eigenvalue weighted by Gasteiger charge is -2.07. The van der Waals surface area contributed by atoms with Gasteiger partial charge in [-0.1, -0.05) is 50.2 Å². The number of para-hydroxylation sites is 1. The Morgan fingerprint density at radius 3 is 2.62 bits per heavy atom. The summed E-state index contributed by atoms with van der Waals surface area (Å²) in [6.07, 6.45) is 0. The highest BCUT2D eigenvalue weighted by Crippen LogP contribution is 2.26. The molecule has 29 heavy (non-hydrogen) atoms. The number of nitrogens with one attached hydrogen (secondary N) is 1. The number of hydrogen-bond acceptors (Lipinski definition) is 5. The van der Waals surface area contributed by atoms with E-state index in [0.717, 1.165) is 0 Å². The Balaban J connectivity index is 1.59. The first kappa shape index (κ1) is 18.7. The largest absolute Gasteiger partial charge is 0.423 e. The molecule has 2 aromatic carbocycles. The van der Waals surface area contributed by atoms with Gasteiger partial charge in [-0.05, 0) is 24.1 Å². The van der Waals surface area contributed by atoms with E-state index in [2.05, 4.69) is 15.4 Å². The number of carbonyl (C=O) groups is 1. The van der Waals surface area contributed by atoms with Crippen LogP contribution in [0.25, 0.3) is 5.84 Å². The molecule has 1 amide bonds. The smallest absolute Gasteiger partial charge is 0.344 e. The Labute approximate surface area is 166 Å². The van der Waals surface area contributed by atoms with Crippen LogP contribution < -0.4 is 10.1 Å². The third kappa shape index (κ3) is 3.82. The molecule has 4 aromatic rings. The standard InChI is InChI=1S/C21H19FN4O3/c1-13(2)17-18(19(27)23-12-14-8-6-7-11-16(14)22)29-21-24-20(25-26(17)21)28-15-9-4-3-5-10-15/h3-11,13H,12H2,1-2H3,(H,23,27). The van der Waals surface area contributed by atoms with Gasteiger partial charge in [-0.2, -0.15) is 4.52 Å². The van der Waals surface area contributed by atoms with Gasteiger partial charge in [0.2, 0.25) is 5.76 Å². The number of halogens is 1. The predicted molar refractivity (Wildman–Crippen MR) is 103 cm³/mol. The minimum atomic E-state index is -0.463. The summed E-state index contributed by atoms with van der Waals surface area (Å²) in [7, 11) is 0. The van der Waals surface area contributed by atoms with Crippen LogP contribution in [-0.4, -0.2) is 20.5 Å². The van der Waals surface area contributed by atoms with E-state index in [1.807, 2.05) is 32.0 Å². The molecule has 0 radical (unpaired) electrons. The maximum Gasteiger partial charge on any atom is 0.344 e. The van der Waals surface area contributed by atoms with Crippen molar-refractivity contribution in [2.24, 2.45) is 0 Å². The molecule has 0 saturated heterocycles. The van der Waals surface area contributed by atoms with Crippen molar-refractivity contribution < 1.29 is 18.3 Å². The van der Waals surface area contributed by atoms with Crippen molar-refractivity contribution in [1.82, 2.24) is 19.9 Å². The molecule has 2 heterocycles. The lowest BCUT2D eigenvalue weighted by atomic mass is 10.1. The highest BCUT2D eigenvalue weighted by atomic mass is 19.1. The number of fused-ring (bicyclic) bond motifs is 1. The molecule has 0 fully saturated rings. The molecular formula is C21H19FN4O3. The molecule has 7 nitrogen and oxygen atoms in total. The van der Waals surface area contributed by atoms with Crippen LogP contribution in [0.1, 0.15) is 41.6 Å². The lowest BCUT2D eigenvalue weighted by Crippen LogP contribution is -2.24. The molecular weight excluding hydrogens is 375 g/mol. The van der Waals surface area contributed by atoms with Crippen LogP contribution >= 0.6 is 0 Å². The minimum absolute atomic E-state index is 0.0435. The summed E-state index contributed by atoms with van der Waals surface area (Å²) in [5.74, 6) is -0.0787. The first-order valence-electron chi connectivity index (χ1n) is 9.17. The second kappa shape index (κ2) is 7.75. The zero-order chi connectivity index (χ0) is 20.4. The number of amides is 1. The molecule has 0 aliphatic heterocycles. The van der Waals surface area contributed by atoms with Gasteiger partial charge in [-0.25, -0.2) is 4.39 Å². The molecule has 8 heteroatoms. The quantitative estimate of drug-likeness (QED) is 0.527. The Morgan fingerprint density at radius 2 is 1.90 bits per heavy atom. The van der Waals surface area contributed by atoms with E-state index in [4.69, 9.17) is 9.15 Å². The molecule has 0 aliphatic carbocycles. The van der Waals surface area contributed by atoms with Gasteiger partial charge >= 0.3 is 11.9 Å². The van der Waals surface area contributed by atoms with Gasteiger partial charge in [0.1, 0.15) is 11.6 Å². The zero-order valence-electron chi connectivity index (χ0n) is 15.9. The molecule has 2 aromatic heterocycles. The number of benzene rings is 2. The first-order valence-corrected chi connectivity index (χ1v) is 9.17. The molecule has 0 aliphatic rings. The maximum atomic E-state index is 13.8. The van der Waals surface area contributed by atoms with Crippen LogP contribution in [0.4, 0.5) is 4.39 Å². The Hall–Kier alpha value is -3.68. The number of nitrogens with zero attached hydrogens (tertiary/aromatic N) is 3. The van der Waals surface area contributed by atoms with Gasteiger partial charge in [0.25, 0.3) is 5.91 Å².